The van der Waals surface area contributed by atoms with E-state index in [1.165, 1.54) is 13.0 Å². The molecule has 2 unspecified atom stereocenters. The highest BCUT2D eigenvalue weighted by Crippen LogP contribution is 2.47. The molecule has 7 nitrogen and oxygen atoms in total. The van der Waals surface area contributed by atoms with Crippen LogP contribution in [0, 0.1) is 0 Å². The molecule has 148 valence electrons. The van der Waals surface area contributed by atoms with Crippen LogP contribution in [0.1, 0.15) is 46.3 Å². The van der Waals surface area contributed by atoms with E-state index in [0.29, 0.717) is 22.3 Å². The Morgan fingerprint density at radius 3 is 2.46 bits per heavy atom. The molecule has 1 aromatic heterocycles. The molecule has 0 saturated heterocycles. The third-order valence-electron chi connectivity index (χ3n) is 4.69. The third kappa shape index (κ3) is 3.52. The van der Waals surface area contributed by atoms with Crippen LogP contribution in [0.2, 0.25) is 0 Å². The van der Waals surface area contributed by atoms with Gasteiger partial charge in [0.1, 0.15) is 16.9 Å². The molecule has 0 saturated carbocycles. The van der Waals surface area contributed by atoms with Crippen LogP contribution in [0.25, 0.3) is 11.0 Å². The fraction of sp³-hybridized carbons (Fsp3) is 0.381. The van der Waals surface area contributed by atoms with E-state index < -0.39 is 35.4 Å². The van der Waals surface area contributed by atoms with Crippen molar-refractivity contribution in [3.63, 3.8) is 0 Å². The lowest BCUT2D eigenvalue weighted by molar-refractivity contribution is -0.173. The predicted octanol–water partition coefficient (Wildman–Crippen LogP) is 3.45. The van der Waals surface area contributed by atoms with Gasteiger partial charge in [0.25, 0.3) is 0 Å². The zero-order valence-corrected chi connectivity index (χ0v) is 16.4. The van der Waals surface area contributed by atoms with Gasteiger partial charge in [0.2, 0.25) is 0 Å². The number of allylic oxidation sites excluding steroid dienone is 1. The average molecular weight is 386 g/mol. The highest BCUT2D eigenvalue weighted by Gasteiger charge is 2.50. The van der Waals surface area contributed by atoms with Gasteiger partial charge in [-0.3, -0.25) is 4.79 Å². The lowest BCUT2D eigenvalue weighted by atomic mass is 9.93. The second-order valence-corrected chi connectivity index (χ2v) is 7.18. The largest absolute Gasteiger partial charge is 0.481 e. The van der Waals surface area contributed by atoms with Gasteiger partial charge in [0.05, 0.1) is 5.56 Å². The molecule has 2 aromatic rings. The fourth-order valence-corrected chi connectivity index (χ4v) is 3.16. The van der Waals surface area contributed by atoms with Gasteiger partial charge in [-0.15, -0.1) is 0 Å². The van der Waals surface area contributed by atoms with Gasteiger partial charge in [-0.25, -0.2) is 9.59 Å². The molecule has 2 heterocycles. The Bertz CT molecular complexity index is 1030. The highest BCUT2D eigenvalue weighted by molar-refractivity contribution is 5.88. The zero-order valence-electron chi connectivity index (χ0n) is 16.4. The summed E-state index contributed by atoms with van der Waals surface area (Å²) in [6, 6.07) is 6.39. The van der Waals surface area contributed by atoms with Crippen molar-refractivity contribution in [3.8, 4) is 5.75 Å². The second-order valence-electron chi connectivity index (χ2n) is 7.18. The van der Waals surface area contributed by atoms with Crippen LogP contribution in [0.15, 0.2) is 45.1 Å². The number of benzene rings is 1. The van der Waals surface area contributed by atoms with Crippen molar-refractivity contribution in [2.45, 2.75) is 52.4 Å². The molecule has 1 aromatic carbocycles. The van der Waals surface area contributed by atoms with E-state index in [0.717, 1.165) is 0 Å². The summed E-state index contributed by atoms with van der Waals surface area (Å²) in [6.45, 7) is 8.02. The molecular formula is C21H22O7. The van der Waals surface area contributed by atoms with E-state index in [2.05, 4.69) is 0 Å². The second kappa shape index (κ2) is 7.14. The summed E-state index contributed by atoms with van der Waals surface area (Å²) in [5, 5.41) is 0.666. The summed E-state index contributed by atoms with van der Waals surface area (Å²) in [4.78, 5) is 35.8. The van der Waals surface area contributed by atoms with E-state index in [1.807, 2.05) is 0 Å². The molecular weight excluding hydrogens is 364 g/mol. The van der Waals surface area contributed by atoms with Crippen molar-refractivity contribution < 1.29 is 28.2 Å². The summed E-state index contributed by atoms with van der Waals surface area (Å²) in [5.41, 5.74) is -0.487. The first-order valence-electron chi connectivity index (χ1n) is 8.91. The fourth-order valence-electron chi connectivity index (χ4n) is 3.16. The Kier molecular flexibility index (Phi) is 5.02. The van der Waals surface area contributed by atoms with Gasteiger partial charge < -0.3 is 18.6 Å². The smallest absolute Gasteiger partial charge is 0.336 e. The molecule has 0 N–H and O–H groups in total. The van der Waals surface area contributed by atoms with Crippen LogP contribution in [0.4, 0.5) is 0 Å². The number of hydrogen-bond acceptors (Lipinski definition) is 7. The quantitative estimate of drug-likeness (QED) is 0.451. The molecule has 1 aliphatic heterocycles. The number of carbonyl (C=O) groups excluding carboxylic acids is 2. The molecule has 0 amide bonds. The van der Waals surface area contributed by atoms with Crippen molar-refractivity contribution in [2.75, 3.05) is 0 Å². The van der Waals surface area contributed by atoms with Crippen molar-refractivity contribution in [2.24, 2.45) is 0 Å². The Balaban J connectivity index is 2.08. The Morgan fingerprint density at radius 1 is 1.14 bits per heavy atom. The van der Waals surface area contributed by atoms with Gasteiger partial charge in [-0.1, -0.05) is 6.08 Å². The van der Waals surface area contributed by atoms with Crippen molar-refractivity contribution in [1.82, 2.24) is 0 Å². The molecule has 0 bridgehead atoms. The highest BCUT2D eigenvalue weighted by atomic mass is 16.6. The van der Waals surface area contributed by atoms with Gasteiger partial charge in [-0.05, 0) is 45.9 Å². The number of rotatable bonds is 4. The van der Waals surface area contributed by atoms with E-state index in [-0.39, 0.29) is 5.58 Å². The van der Waals surface area contributed by atoms with E-state index >= 15 is 0 Å². The number of ether oxygens (including phenoxy) is 3. The normalized spacial score (nSPS) is 19.1. The van der Waals surface area contributed by atoms with Crippen molar-refractivity contribution >= 4 is 22.9 Å². The molecule has 28 heavy (non-hydrogen) atoms. The lowest BCUT2D eigenvalue weighted by Crippen LogP contribution is -2.46. The van der Waals surface area contributed by atoms with Crippen molar-refractivity contribution in [3.05, 3.63) is 51.9 Å². The number of fused-ring (bicyclic) bond motifs is 3. The average Bonchev–Trinajstić information content (AvgIpc) is 2.99. The topological polar surface area (TPSA) is 92.0 Å². The molecule has 7 heteroatoms. The molecule has 0 spiro atoms. The number of hydrogen-bond donors (Lipinski definition) is 0. The van der Waals surface area contributed by atoms with Crippen LogP contribution < -0.4 is 10.4 Å². The first kappa shape index (κ1) is 19.7. The minimum absolute atomic E-state index is 0.283. The first-order chi connectivity index (χ1) is 13.1. The van der Waals surface area contributed by atoms with Gasteiger partial charge in [0.15, 0.2) is 12.2 Å². The monoisotopic (exact) mass is 386 g/mol. The molecule has 0 radical (unpaired) electrons. The molecule has 3 rings (SSSR count). The predicted molar refractivity (Wildman–Crippen MR) is 101 cm³/mol. The molecule has 0 fully saturated rings. The lowest BCUT2D eigenvalue weighted by Gasteiger charge is -2.33. The van der Waals surface area contributed by atoms with Crippen LogP contribution in [-0.4, -0.2) is 23.6 Å². The third-order valence-corrected chi connectivity index (χ3v) is 4.69. The van der Waals surface area contributed by atoms with Gasteiger partial charge in [-0.2, -0.15) is 0 Å². The van der Waals surface area contributed by atoms with Crippen LogP contribution in [-0.2, 0) is 19.1 Å². The van der Waals surface area contributed by atoms with E-state index in [4.69, 9.17) is 18.6 Å². The van der Waals surface area contributed by atoms with E-state index in [9.17, 15) is 14.4 Å². The maximum absolute atomic E-state index is 12.3. The minimum atomic E-state index is -1.14. The van der Waals surface area contributed by atoms with Crippen LogP contribution in [0.5, 0.6) is 5.75 Å². The Hall–Kier alpha value is -3.09. The summed E-state index contributed by atoms with van der Waals surface area (Å²) < 4.78 is 22.5. The Labute approximate surface area is 161 Å². The summed E-state index contributed by atoms with van der Waals surface area (Å²) in [7, 11) is 0. The number of esters is 2. The molecule has 0 aliphatic carbocycles. The maximum Gasteiger partial charge on any atom is 0.336 e. The number of carbonyl (C=O) groups is 2. The Morgan fingerprint density at radius 2 is 1.82 bits per heavy atom. The summed E-state index contributed by atoms with van der Waals surface area (Å²) >= 11 is 0. The first-order valence-corrected chi connectivity index (χ1v) is 8.91. The molecule has 1 aliphatic rings. The minimum Gasteiger partial charge on any atom is -0.481 e. The zero-order chi connectivity index (χ0) is 20.6. The standard InChI is InChI=1S/C21H22O7/c1-6-11(2)20(24)28-21(4,5)19-18(25-12(3)22)16-14(26-19)9-7-13-8-10-15(23)27-17(13)16/h6-10,18-19H,1-5H3/b11-6+. The maximum atomic E-state index is 12.3. The summed E-state index contributed by atoms with van der Waals surface area (Å²) in [5.74, 6) is -0.622. The van der Waals surface area contributed by atoms with Crippen LogP contribution in [0.3, 0.4) is 0 Å². The van der Waals surface area contributed by atoms with Gasteiger partial charge >= 0.3 is 17.6 Å². The SMILES string of the molecule is C/C=C(\C)C(=O)OC(C)(C)C1Oc2ccc3ccc(=O)oc3c2C1OC(C)=O. The van der Waals surface area contributed by atoms with Crippen molar-refractivity contribution in [1.29, 1.82) is 0 Å². The van der Waals surface area contributed by atoms with E-state index in [1.54, 1.807) is 52.0 Å². The van der Waals surface area contributed by atoms with Gasteiger partial charge in [0, 0.05) is 23.9 Å². The van der Waals surface area contributed by atoms with Crippen LogP contribution >= 0.6 is 0 Å². The molecule has 2 atom stereocenters. The summed E-state index contributed by atoms with van der Waals surface area (Å²) in [6.07, 6.45) is -0.0828.